The molecule has 3 nitrogen and oxygen atoms in total. The first-order chi connectivity index (χ1) is 9.16. The summed E-state index contributed by atoms with van der Waals surface area (Å²) in [5.74, 6) is -0.585. The highest BCUT2D eigenvalue weighted by molar-refractivity contribution is 5.47. The smallest absolute Gasteiger partial charge is 0.235 e. The Kier molecular flexibility index (Phi) is 3.96. The highest BCUT2D eigenvalue weighted by Gasteiger charge is 2.39. The third kappa shape index (κ3) is 2.38. The number of ether oxygens (including phenoxy) is 1. The van der Waals surface area contributed by atoms with Crippen LogP contribution in [-0.2, 0) is 17.0 Å². The van der Waals surface area contributed by atoms with Gasteiger partial charge in [0, 0.05) is 5.56 Å². The number of aliphatic imine (C=N–C) groups is 1. The van der Waals surface area contributed by atoms with E-state index in [0.717, 1.165) is 18.9 Å². The molecule has 2 rings (SSSR count). The molecular formula is C14H15F2NO2. The summed E-state index contributed by atoms with van der Waals surface area (Å²) >= 11 is 0. The SMILES string of the molecule is COc1c(F)cc(CF)cc1C1(N=C=O)CCCC1. The monoisotopic (exact) mass is 267 g/mol. The lowest BCUT2D eigenvalue weighted by atomic mass is 9.87. The zero-order valence-electron chi connectivity index (χ0n) is 10.7. The van der Waals surface area contributed by atoms with E-state index in [-0.39, 0.29) is 11.3 Å². The molecule has 102 valence electrons. The molecule has 0 aromatic heterocycles. The highest BCUT2D eigenvalue weighted by atomic mass is 19.1. The van der Waals surface area contributed by atoms with E-state index in [1.807, 2.05) is 0 Å². The van der Waals surface area contributed by atoms with Crippen LogP contribution < -0.4 is 4.74 Å². The van der Waals surface area contributed by atoms with Crippen LogP contribution in [0.3, 0.4) is 0 Å². The fourth-order valence-electron chi connectivity index (χ4n) is 2.77. The summed E-state index contributed by atoms with van der Waals surface area (Å²) in [6.45, 7) is -0.769. The van der Waals surface area contributed by atoms with Crippen LogP contribution in [-0.4, -0.2) is 13.2 Å². The van der Waals surface area contributed by atoms with E-state index >= 15 is 0 Å². The minimum absolute atomic E-state index is 0.0399. The second kappa shape index (κ2) is 5.49. The maximum atomic E-state index is 13.9. The van der Waals surface area contributed by atoms with Crippen LogP contribution in [0.25, 0.3) is 0 Å². The number of nitrogens with zero attached hydrogens (tertiary/aromatic N) is 1. The Morgan fingerprint density at radius 1 is 1.42 bits per heavy atom. The van der Waals surface area contributed by atoms with Crippen LogP contribution in [0.5, 0.6) is 5.75 Å². The van der Waals surface area contributed by atoms with Gasteiger partial charge in [0.05, 0.1) is 7.11 Å². The Bertz CT molecular complexity index is 518. The summed E-state index contributed by atoms with van der Waals surface area (Å²) in [7, 11) is 1.35. The van der Waals surface area contributed by atoms with Gasteiger partial charge >= 0.3 is 0 Å². The number of alkyl halides is 1. The van der Waals surface area contributed by atoms with Crippen molar-refractivity contribution in [2.75, 3.05) is 7.11 Å². The molecule has 1 aliphatic rings. The van der Waals surface area contributed by atoms with Gasteiger partial charge in [-0.2, -0.15) is 4.99 Å². The first-order valence-corrected chi connectivity index (χ1v) is 6.19. The lowest BCUT2D eigenvalue weighted by Gasteiger charge is -2.25. The molecule has 0 radical (unpaired) electrons. The first-order valence-electron chi connectivity index (χ1n) is 6.19. The number of carbonyl (C=O) groups excluding carboxylic acids is 1. The maximum Gasteiger partial charge on any atom is 0.235 e. The number of rotatable bonds is 4. The lowest BCUT2D eigenvalue weighted by molar-refractivity contribution is 0.355. The number of methoxy groups -OCH3 is 1. The Morgan fingerprint density at radius 2 is 2.11 bits per heavy atom. The molecule has 1 saturated carbocycles. The molecule has 0 bridgehead atoms. The van der Waals surface area contributed by atoms with Crippen molar-refractivity contribution >= 4 is 6.08 Å². The Hall–Kier alpha value is -1.74. The van der Waals surface area contributed by atoms with Crippen molar-refractivity contribution in [3.63, 3.8) is 0 Å². The van der Waals surface area contributed by atoms with Crippen molar-refractivity contribution in [2.24, 2.45) is 4.99 Å². The third-order valence-corrected chi connectivity index (χ3v) is 3.65. The number of hydrogen-bond donors (Lipinski definition) is 0. The van der Waals surface area contributed by atoms with Gasteiger partial charge in [-0.3, -0.25) is 0 Å². The lowest BCUT2D eigenvalue weighted by Crippen LogP contribution is -2.21. The van der Waals surface area contributed by atoms with E-state index < -0.39 is 18.0 Å². The van der Waals surface area contributed by atoms with Gasteiger partial charge in [0.1, 0.15) is 12.2 Å². The predicted molar refractivity (Wildman–Crippen MR) is 66.0 cm³/mol. The predicted octanol–water partition coefficient (Wildman–Crippen LogP) is 3.41. The van der Waals surface area contributed by atoms with E-state index in [0.29, 0.717) is 18.4 Å². The number of halogens is 2. The van der Waals surface area contributed by atoms with Crippen LogP contribution in [0.15, 0.2) is 17.1 Å². The van der Waals surface area contributed by atoms with E-state index in [2.05, 4.69) is 4.99 Å². The van der Waals surface area contributed by atoms with Gasteiger partial charge in [0.25, 0.3) is 0 Å². The van der Waals surface area contributed by atoms with E-state index in [9.17, 15) is 13.6 Å². The highest BCUT2D eigenvalue weighted by Crippen LogP contribution is 2.46. The largest absolute Gasteiger partial charge is 0.493 e. The van der Waals surface area contributed by atoms with Gasteiger partial charge in [-0.25, -0.2) is 13.6 Å². The molecule has 0 unspecified atom stereocenters. The minimum atomic E-state index is -0.820. The first kappa shape index (κ1) is 13.7. The molecule has 0 atom stereocenters. The average molecular weight is 267 g/mol. The van der Waals surface area contributed by atoms with Crippen molar-refractivity contribution in [2.45, 2.75) is 37.9 Å². The van der Waals surface area contributed by atoms with Crippen molar-refractivity contribution in [3.8, 4) is 5.75 Å². The molecule has 1 aromatic carbocycles. The third-order valence-electron chi connectivity index (χ3n) is 3.65. The van der Waals surface area contributed by atoms with Gasteiger partial charge in [-0.05, 0) is 30.5 Å². The molecule has 0 aliphatic heterocycles. The van der Waals surface area contributed by atoms with E-state index in [1.54, 1.807) is 6.08 Å². The Balaban J connectivity index is 2.64. The van der Waals surface area contributed by atoms with Crippen LogP contribution in [0.1, 0.15) is 36.8 Å². The molecule has 5 heteroatoms. The normalized spacial score (nSPS) is 17.0. The molecule has 0 heterocycles. The zero-order valence-corrected chi connectivity index (χ0v) is 10.7. The van der Waals surface area contributed by atoms with Crippen LogP contribution >= 0.6 is 0 Å². The van der Waals surface area contributed by atoms with Gasteiger partial charge in [-0.15, -0.1) is 0 Å². The van der Waals surface area contributed by atoms with E-state index in [1.165, 1.54) is 13.2 Å². The van der Waals surface area contributed by atoms with Gasteiger partial charge < -0.3 is 4.74 Å². The maximum absolute atomic E-state index is 13.9. The molecular weight excluding hydrogens is 252 g/mol. The quantitative estimate of drug-likeness (QED) is 0.619. The summed E-state index contributed by atoms with van der Waals surface area (Å²) in [5.41, 5.74) is -0.150. The van der Waals surface area contributed by atoms with Crippen LogP contribution in [0, 0.1) is 5.82 Å². The molecule has 1 aromatic rings. The Labute approximate surface area is 110 Å². The molecule has 0 saturated heterocycles. The molecule has 0 spiro atoms. The van der Waals surface area contributed by atoms with E-state index in [4.69, 9.17) is 4.74 Å². The molecule has 1 fully saturated rings. The van der Waals surface area contributed by atoms with Crippen molar-refractivity contribution in [1.29, 1.82) is 0 Å². The minimum Gasteiger partial charge on any atom is -0.493 e. The van der Waals surface area contributed by atoms with Gasteiger partial charge in [0.2, 0.25) is 6.08 Å². The summed E-state index contributed by atoms with van der Waals surface area (Å²) < 4.78 is 31.8. The zero-order chi connectivity index (χ0) is 13.9. The number of benzene rings is 1. The van der Waals surface area contributed by atoms with Gasteiger partial charge in [-0.1, -0.05) is 12.8 Å². The summed E-state index contributed by atoms with van der Waals surface area (Å²) in [4.78, 5) is 14.6. The number of hydrogen-bond acceptors (Lipinski definition) is 3. The fourth-order valence-corrected chi connectivity index (χ4v) is 2.77. The van der Waals surface area contributed by atoms with Crippen molar-refractivity contribution in [3.05, 3.63) is 29.1 Å². The van der Waals surface area contributed by atoms with Gasteiger partial charge in [0.15, 0.2) is 11.6 Å². The molecule has 0 amide bonds. The second-order valence-corrected chi connectivity index (χ2v) is 4.73. The summed E-state index contributed by atoms with van der Waals surface area (Å²) in [6.07, 6.45) is 4.57. The van der Waals surface area contributed by atoms with Crippen molar-refractivity contribution < 1.29 is 18.3 Å². The van der Waals surface area contributed by atoms with Crippen LogP contribution in [0.4, 0.5) is 8.78 Å². The standard InChI is InChI=1S/C14H15F2NO2/c1-19-13-11(6-10(8-15)7-12(13)16)14(17-9-18)4-2-3-5-14/h6-7H,2-5,8H2,1H3. The number of isocyanates is 1. The summed E-state index contributed by atoms with van der Waals surface area (Å²) in [5, 5.41) is 0. The Morgan fingerprint density at radius 3 is 2.63 bits per heavy atom. The molecule has 19 heavy (non-hydrogen) atoms. The average Bonchev–Trinajstić information content (AvgIpc) is 2.88. The van der Waals surface area contributed by atoms with Crippen LogP contribution in [0.2, 0.25) is 0 Å². The molecule has 0 N–H and O–H groups in total. The second-order valence-electron chi connectivity index (χ2n) is 4.73. The van der Waals surface area contributed by atoms with Crippen molar-refractivity contribution in [1.82, 2.24) is 0 Å². The topological polar surface area (TPSA) is 38.7 Å². The summed E-state index contributed by atoms with van der Waals surface area (Å²) in [6, 6.07) is 2.64. The molecule has 1 aliphatic carbocycles. The fraction of sp³-hybridized carbons (Fsp3) is 0.500.